The summed E-state index contributed by atoms with van der Waals surface area (Å²) < 4.78 is 5.21. The fraction of sp³-hybridized carbons (Fsp3) is 0.609. The van der Waals surface area contributed by atoms with Crippen molar-refractivity contribution in [2.24, 2.45) is 0 Å². The van der Waals surface area contributed by atoms with Crippen LogP contribution in [-0.2, 0) is 14.3 Å². The predicted molar refractivity (Wildman–Crippen MR) is 119 cm³/mol. The lowest BCUT2D eigenvalue weighted by Crippen LogP contribution is -2.56. The Morgan fingerprint density at radius 2 is 1.58 bits per heavy atom. The first kappa shape index (κ1) is 26.4. The Labute approximate surface area is 185 Å². The molecule has 2 atom stereocenters. The minimum Gasteiger partial charge on any atom is -0.444 e. The molecule has 0 saturated heterocycles. The molecule has 1 rings (SSSR count). The fourth-order valence-electron chi connectivity index (χ4n) is 3.05. The van der Waals surface area contributed by atoms with Gasteiger partial charge in [0.15, 0.2) is 0 Å². The van der Waals surface area contributed by atoms with Crippen LogP contribution in [0.15, 0.2) is 24.3 Å². The van der Waals surface area contributed by atoms with Crippen LogP contribution >= 0.6 is 0 Å². The number of benzene rings is 1. The smallest absolute Gasteiger partial charge is 0.408 e. The van der Waals surface area contributed by atoms with Crippen molar-refractivity contribution in [2.75, 3.05) is 6.61 Å². The van der Waals surface area contributed by atoms with Crippen molar-refractivity contribution in [2.45, 2.75) is 85.2 Å². The Bertz CT molecular complexity index is 753. The highest BCUT2D eigenvalue weighted by Crippen LogP contribution is 2.25. The SMILES string of the molecule is Cc1ccc(C(C(=O)NC(C)C)N(C(=O)C(CO)NC(=O)OC(C)(C)C)C(C)C)cc1. The van der Waals surface area contributed by atoms with Gasteiger partial charge in [-0.25, -0.2) is 4.79 Å². The zero-order valence-corrected chi connectivity index (χ0v) is 19.9. The lowest BCUT2D eigenvalue weighted by atomic mass is 10.00. The zero-order valence-electron chi connectivity index (χ0n) is 19.9. The highest BCUT2D eigenvalue weighted by Gasteiger charge is 2.37. The molecule has 8 nitrogen and oxygen atoms in total. The van der Waals surface area contributed by atoms with Gasteiger partial charge in [-0.05, 0) is 61.0 Å². The zero-order chi connectivity index (χ0) is 23.9. The Morgan fingerprint density at radius 1 is 1.03 bits per heavy atom. The number of aliphatic hydroxyl groups excluding tert-OH is 1. The van der Waals surface area contributed by atoms with E-state index in [-0.39, 0.29) is 18.0 Å². The van der Waals surface area contributed by atoms with E-state index in [0.29, 0.717) is 5.56 Å². The molecule has 0 aliphatic carbocycles. The second-order valence-corrected chi connectivity index (χ2v) is 9.20. The number of carbonyl (C=O) groups is 3. The van der Waals surface area contributed by atoms with Crippen LogP contribution in [0.1, 0.15) is 65.6 Å². The number of aryl methyl sites for hydroxylation is 1. The Kier molecular flexibility index (Phi) is 9.49. The number of alkyl carbamates (subject to hydrolysis) is 1. The summed E-state index contributed by atoms with van der Waals surface area (Å²) in [6, 6.07) is 4.66. The van der Waals surface area contributed by atoms with Crippen molar-refractivity contribution in [1.29, 1.82) is 0 Å². The largest absolute Gasteiger partial charge is 0.444 e. The molecule has 0 saturated carbocycles. The van der Waals surface area contributed by atoms with Crippen LogP contribution in [0.25, 0.3) is 0 Å². The van der Waals surface area contributed by atoms with E-state index < -0.39 is 36.3 Å². The molecule has 0 spiro atoms. The maximum atomic E-state index is 13.4. The van der Waals surface area contributed by atoms with Crippen molar-refractivity contribution >= 4 is 17.9 Å². The molecule has 3 N–H and O–H groups in total. The van der Waals surface area contributed by atoms with Crippen LogP contribution in [0.2, 0.25) is 0 Å². The molecule has 0 bridgehead atoms. The van der Waals surface area contributed by atoms with Gasteiger partial charge in [0, 0.05) is 12.1 Å². The Balaban J connectivity index is 3.31. The van der Waals surface area contributed by atoms with Gasteiger partial charge in [0.25, 0.3) is 0 Å². The lowest BCUT2D eigenvalue weighted by molar-refractivity contribution is -0.145. The normalized spacial score (nSPS) is 13.5. The molecular weight excluding hydrogens is 398 g/mol. The minimum atomic E-state index is -1.25. The van der Waals surface area contributed by atoms with Gasteiger partial charge in [0.1, 0.15) is 17.7 Å². The van der Waals surface area contributed by atoms with E-state index >= 15 is 0 Å². The van der Waals surface area contributed by atoms with E-state index in [9.17, 15) is 19.5 Å². The molecule has 3 amide bonds. The fourth-order valence-corrected chi connectivity index (χ4v) is 3.05. The molecule has 0 radical (unpaired) electrons. The number of aliphatic hydroxyl groups is 1. The summed E-state index contributed by atoms with van der Waals surface area (Å²) in [5, 5.41) is 15.1. The van der Waals surface area contributed by atoms with Crippen LogP contribution in [0.3, 0.4) is 0 Å². The molecule has 0 aliphatic heterocycles. The van der Waals surface area contributed by atoms with Gasteiger partial charge in [-0.2, -0.15) is 0 Å². The lowest BCUT2D eigenvalue weighted by Gasteiger charge is -2.37. The first-order chi connectivity index (χ1) is 14.3. The van der Waals surface area contributed by atoms with Gasteiger partial charge in [-0.3, -0.25) is 9.59 Å². The van der Waals surface area contributed by atoms with Crippen LogP contribution in [0.4, 0.5) is 4.79 Å². The first-order valence-corrected chi connectivity index (χ1v) is 10.6. The first-order valence-electron chi connectivity index (χ1n) is 10.6. The number of hydrogen-bond acceptors (Lipinski definition) is 5. The summed E-state index contributed by atoms with van der Waals surface area (Å²) in [7, 11) is 0. The van der Waals surface area contributed by atoms with Crippen LogP contribution < -0.4 is 10.6 Å². The van der Waals surface area contributed by atoms with Crippen LogP contribution in [-0.4, -0.2) is 58.2 Å². The van der Waals surface area contributed by atoms with E-state index in [2.05, 4.69) is 10.6 Å². The van der Waals surface area contributed by atoms with Crippen molar-refractivity contribution in [3.63, 3.8) is 0 Å². The Hall–Kier alpha value is -2.61. The molecule has 8 heteroatoms. The molecule has 0 aliphatic rings. The molecule has 31 heavy (non-hydrogen) atoms. The van der Waals surface area contributed by atoms with E-state index in [0.717, 1.165) is 5.56 Å². The van der Waals surface area contributed by atoms with Crippen molar-refractivity contribution in [1.82, 2.24) is 15.5 Å². The highest BCUT2D eigenvalue weighted by atomic mass is 16.6. The van der Waals surface area contributed by atoms with Gasteiger partial charge in [-0.15, -0.1) is 0 Å². The summed E-state index contributed by atoms with van der Waals surface area (Å²) in [5.41, 5.74) is 0.903. The summed E-state index contributed by atoms with van der Waals surface area (Å²) in [4.78, 5) is 40.1. The maximum absolute atomic E-state index is 13.4. The second kappa shape index (κ2) is 11.1. The van der Waals surface area contributed by atoms with E-state index in [4.69, 9.17) is 4.74 Å². The quantitative estimate of drug-likeness (QED) is 0.582. The minimum absolute atomic E-state index is 0.127. The van der Waals surface area contributed by atoms with Crippen molar-refractivity contribution < 1.29 is 24.2 Å². The maximum Gasteiger partial charge on any atom is 0.408 e. The van der Waals surface area contributed by atoms with Crippen LogP contribution in [0, 0.1) is 6.92 Å². The van der Waals surface area contributed by atoms with Crippen molar-refractivity contribution in [3.8, 4) is 0 Å². The topological polar surface area (TPSA) is 108 Å². The van der Waals surface area contributed by atoms with E-state index in [1.807, 2.05) is 32.9 Å². The average molecular weight is 436 g/mol. The third-order valence-electron chi connectivity index (χ3n) is 4.33. The molecular formula is C23H37N3O5. The number of hydrogen-bond donors (Lipinski definition) is 3. The molecule has 0 fully saturated rings. The van der Waals surface area contributed by atoms with Gasteiger partial charge in [0.05, 0.1) is 6.61 Å². The van der Waals surface area contributed by atoms with Crippen molar-refractivity contribution in [3.05, 3.63) is 35.4 Å². The van der Waals surface area contributed by atoms with Crippen LogP contribution in [0.5, 0.6) is 0 Å². The second-order valence-electron chi connectivity index (χ2n) is 9.20. The molecule has 1 aromatic carbocycles. The highest BCUT2D eigenvalue weighted by molar-refractivity contribution is 5.92. The van der Waals surface area contributed by atoms with E-state index in [1.54, 1.807) is 46.8 Å². The molecule has 2 unspecified atom stereocenters. The molecule has 0 aromatic heterocycles. The Morgan fingerprint density at radius 3 is 2.00 bits per heavy atom. The summed E-state index contributed by atoms with van der Waals surface area (Å²) in [6.45, 7) is 13.6. The number of nitrogens with one attached hydrogen (secondary N) is 2. The monoisotopic (exact) mass is 435 g/mol. The third-order valence-corrected chi connectivity index (χ3v) is 4.33. The number of nitrogens with zero attached hydrogens (tertiary/aromatic N) is 1. The number of carbonyl (C=O) groups excluding carboxylic acids is 3. The van der Waals surface area contributed by atoms with Gasteiger partial charge in [0.2, 0.25) is 11.8 Å². The summed E-state index contributed by atoms with van der Waals surface area (Å²) in [5.74, 6) is -0.914. The number of ether oxygens (including phenoxy) is 1. The standard InChI is InChI=1S/C23H37N3O5/c1-14(2)24-20(28)19(17-11-9-16(5)10-12-17)26(15(3)4)21(29)18(13-27)25-22(30)31-23(6,7)8/h9-12,14-15,18-19,27H,13H2,1-8H3,(H,24,28)(H,25,30). The summed E-state index contributed by atoms with van der Waals surface area (Å²) >= 11 is 0. The van der Waals surface area contributed by atoms with Gasteiger partial charge < -0.3 is 25.4 Å². The molecule has 1 aromatic rings. The average Bonchev–Trinajstić information content (AvgIpc) is 2.62. The number of amides is 3. The number of rotatable bonds is 8. The molecule has 0 heterocycles. The van der Waals surface area contributed by atoms with Gasteiger partial charge >= 0.3 is 6.09 Å². The van der Waals surface area contributed by atoms with Gasteiger partial charge in [-0.1, -0.05) is 29.8 Å². The molecule has 174 valence electrons. The summed E-state index contributed by atoms with van der Waals surface area (Å²) in [6.07, 6.45) is -0.817. The predicted octanol–water partition coefficient (Wildman–Crippen LogP) is 2.68. The third kappa shape index (κ3) is 8.20. The van der Waals surface area contributed by atoms with E-state index in [1.165, 1.54) is 4.90 Å².